The number of benzene rings is 3. The summed E-state index contributed by atoms with van der Waals surface area (Å²) in [5.74, 6) is -3.76. The van der Waals surface area contributed by atoms with Crippen molar-refractivity contribution in [2.24, 2.45) is 5.92 Å². The van der Waals surface area contributed by atoms with Crippen LogP contribution < -0.4 is 15.0 Å². The topological polar surface area (TPSA) is 58.6 Å². The van der Waals surface area contributed by atoms with Gasteiger partial charge in [-0.15, -0.1) is 0 Å². The summed E-state index contributed by atoms with van der Waals surface area (Å²) in [4.78, 5) is 27.7. The number of nitrogens with one attached hydrogen (secondary N) is 1. The summed E-state index contributed by atoms with van der Waals surface area (Å²) < 4.78 is 100. The van der Waals surface area contributed by atoms with Crippen LogP contribution in [0.2, 0.25) is 5.02 Å². The smallest absolute Gasteiger partial charge is 0.426 e. The number of nitrogens with zero attached hydrogens (tertiary/aromatic N) is 1. The molecule has 0 saturated heterocycles. The maximum atomic E-state index is 15.8. The van der Waals surface area contributed by atoms with E-state index in [1.165, 1.54) is 41.3 Å². The van der Waals surface area contributed by atoms with E-state index in [2.05, 4.69) is 26.0 Å². The van der Waals surface area contributed by atoms with E-state index in [1.807, 2.05) is 0 Å². The Morgan fingerprint density at radius 3 is 2.31 bits per heavy atom. The SMILES string of the molecule is CC(F)(c1cc(Br)c(NC(=O)c2cccc(N(CC3CC3)C(=O)c3ccc(Cl)cc3)c2F)c(OC(F)F)c1)C(F)(F)F. The monoisotopic (exact) mass is 680 g/mol. The highest BCUT2D eigenvalue weighted by Crippen LogP contribution is 2.46. The van der Waals surface area contributed by atoms with Crippen molar-refractivity contribution < 1.29 is 45.1 Å². The van der Waals surface area contributed by atoms with Gasteiger partial charge in [0.25, 0.3) is 11.8 Å². The van der Waals surface area contributed by atoms with Crippen LogP contribution in [0.1, 0.15) is 46.0 Å². The number of carbonyl (C=O) groups excluding carboxylic acids is 2. The van der Waals surface area contributed by atoms with Crippen molar-refractivity contribution in [3.63, 3.8) is 0 Å². The normalized spacial score (nSPS) is 14.8. The first-order chi connectivity index (χ1) is 19.6. The fourth-order valence-electron chi connectivity index (χ4n) is 4.01. The summed E-state index contributed by atoms with van der Waals surface area (Å²) in [6.45, 7) is -3.21. The van der Waals surface area contributed by atoms with Gasteiger partial charge in [0.15, 0.2) is 11.6 Å². The minimum Gasteiger partial charge on any atom is -0.433 e. The van der Waals surface area contributed by atoms with Crippen molar-refractivity contribution in [2.75, 3.05) is 16.8 Å². The van der Waals surface area contributed by atoms with Crippen LogP contribution in [-0.4, -0.2) is 31.1 Å². The number of rotatable bonds is 9. The van der Waals surface area contributed by atoms with Gasteiger partial charge in [-0.25, -0.2) is 8.78 Å². The average molecular weight is 682 g/mol. The Labute approximate surface area is 248 Å². The standard InChI is InChI=1S/C28H21BrClF7N2O3/c1-27(34,28(35,36)37)16-11-19(29)23(21(12-16)42-26(32)33)38-24(40)18-3-2-4-20(22(18)31)39(13-14-5-6-14)25(41)15-7-9-17(30)10-8-15/h2-4,7-12,14,26H,5-6,13H2,1H3,(H,38,40). The van der Waals surface area contributed by atoms with Gasteiger partial charge < -0.3 is 15.0 Å². The summed E-state index contributed by atoms with van der Waals surface area (Å²) in [5, 5.41) is 2.52. The second kappa shape index (κ2) is 12.1. The zero-order valence-corrected chi connectivity index (χ0v) is 23.9. The molecule has 1 N–H and O–H groups in total. The summed E-state index contributed by atoms with van der Waals surface area (Å²) in [7, 11) is 0. The summed E-state index contributed by atoms with van der Waals surface area (Å²) in [6, 6.07) is 10.6. The fraction of sp³-hybridized carbons (Fsp3) is 0.286. The molecule has 0 bridgehead atoms. The Kier molecular flexibility index (Phi) is 9.12. The van der Waals surface area contributed by atoms with Crippen LogP contribution in [0.5, 0.6) is 5.75 Å². The van der Waals surface area contributed by atoms with E-state index in [4.69, 9.17) is 11.6 Å². The molecule has 42 heavy (non-hydrogen) atoms. The number of amides is 2. The van der Waals surface area contributed by atoms with Crippen molar-refractivity contribution in [1.82, 2.24) is 0 Å². The van der Waals surface area contributed by atoms with Gasteiger partial charge in [-0.2, -0.15) is 22.0 Å². The van der Waals surface area contributed by atoms with E-state index in [0.717, 1.165) is 18.9 Å². The van der Waals surface area contributed by atoms with E-state index in [-0.39, 0.29) is 30.6 Å². The highest BCUT2D eigenvalue weighted by atomic mass is 79.9. The summed E-state index contributed by atoms with van der Waals surface area (Å²) in [5.41, 5.74) is -6.27. The maximum absolute atomic E-state index is 15.8. The molecule has 1 atom stereocenters. The number of halogens is 9. The van der Waals surface area contributed by atoms with Crippen LogP contribution in [0.25, 0.3) is 0 Å². The molecule has 3 aromatic carbocycles. The molecule has 1 saturated carbocycles. The van der Waals surface area contributed by atoms with E-state index >= 15 is 4.39 Å². The molecule has 0 aliphatic heterocycles. The third-order valence-corrected chi connectivity index (χ3v) is 7.45. The second-order valence-electron chi connectivity index (χ2n) is 9.67. The molecule has 1 aliphatic rings. The minimum atomic E-state index is -5.40. The predicted octanol–water partition coefficient (Wildman–Crippen LogP) is 8.90. The Bertz CT molecular complexity index is 1500. The lowest BCUT2D eigenvalue weighted by Gasteiger charge is -2.26. The highest BCUT2D eigenvalue weighted by molar-refractivity contribution is 9.10. The van der Waals surface area contributed by atoms with Crippen molar-refractivity contribution >= 4 is 50.7 Å². The van der Waals surface area contributed by atoms with Gasteiger partial charge in [-0.05, 0) is 90.1 Å². The number of carbonyl (C=O) groups is 2. The number of hydrogen-bond donors (Lipinski definition) is 1. The molecule has 14 heteroatoms. The number of alkyl halides is 6. The zero-order valence-electron chi connectivity index (χ0n) is 21.5. The molecule has 2 amide bonds. The van der Waals surface area contributed by atoms with E-state index in [0.29, 0.717) is 17.2 Å². The second-order valence-corrected chi connectivity index (χ2v) is 11.0. The van der Waals surface area contributed by atoms with Gasteiger partial charge in [0.2, 0.25) is 5.67 Å². The van der Waals surface area contributed by atoms with Gasteiger partial charge in [0.1, 0.15) is 0 Å². The molecule has 1 aliphatic carbocycles. The van der Waals surface area contributed by atoms with E-state index in [9.17, 15) is 35.9 Å². The van der Waals surface area contributed by atoms with Crippen molar-refractivity contribution in [3.8, 4) is 5.75 Å². The van der Waals surface area contributed by atoms with Crippen LogP contribution in [0.3, 0.4) is 0 Å². The number of hydrogen-bond acceptors (Lipinski definition) is 3. The van der Waals surface area contributed by atoms with Crippen LogP contribution >= 0.6 is 27.5 Å². The fourth-order valence-corrected chi connectivity index (χ4v) is 4.68. The first-order valence-corrected chi connectivity index (χ1v) is 13.5. The number of ether oxygens (including phenoxy) is 1. The van der Waals surface area contributed by atoms with Crippen LogP contribution in [0.15, 0.2) is 59.1 Å². The molecule has 5 nitrogen and oxygen atoms in total. The zero-order chi connectivity index (χ0) is 31.0. The van der Waals surface area contributed by atoms with Crippen LogP contribution in [-0.2, 0) is 5.67 Å². The first kappa shape index (κ1) is 31.6. The van der Waals surface area contributed by atoms with E-state index < -0.39 is 63.1 Å². The third kappa shape index (κ3) is 6.83. The molecular weight excluding hydrogens is 661 g/mol. The van der Waals surface area contributed by atoms with Crippen LogP contribution in [0, 0.1) is 11.7 Å². The Hall–Kier alpha value is -3.32. The molecular formula is C28H21BrClF7N2O3. The van der Waals surface area contributed by atoms with Gasteiger partial charge in [-0.3, -0.25) is 9.59 Å². The molecule has 0 radical (unpaired) electrons. The molecule has 4 rings (SSSR count). The van der Waals surface area contributed by atoms with Crippen molar-refractivity contribution in [1.29, 1.82) is 0 Å². The Morgan fingerprint density at radius 1 is 1.10 bits per heavy atom. The Balaban J connectivity index is 1.70. The minimum absolute atomic E-state index is 0.111. The molecule has 0 spiro atoms. The molecule has 224 valence electrons. The first-order valence-electron chi connectivity index (χ1n) is 12.3. The number of anilines is 2. The highest BCUT2D eigenvalue weighted by Gasteiger charge is 2.54. The lowest BCUT2D eigenvalue weighted by atomic mass is 9.96. The summed E-state index contributed by atoms with van der Waals surface area (Å²) >= 11 is 8.76. The van der Waals surface area contributed by atoms with Gasteiger partial charge in [0.05, 0.1) is 16.9 Å². The van der Waals surface area contributed by atoms with Crippen molar-refractivity contribution in [2.45, 2.75) is 38.2 Å². The molecule has 1 fully saturated rings. The molecule has 0 heterocycles. The van der Waals surface area contributed by atoms with E-state index in [1.54, 1.807) is 0 Å². The lowest BCUT2D eigenvalue weighted by Crippen LogP contribution is -2.35. The van der Waals surface area contributed by atoms with Gasteiger partial charge in [-0.1, -0.05) is 17.7 Å². The van der Waals surface area contributed by atoms with Gasteiger partial charge >= 0.3 is 12.8 Å². The van der Waals surface area contributed by atoms with Crippen molar-refractivity contribution in [3.05, 3.63) is 86.6 Å². The maximum Gasteiger partial charge on any atom is 0.426 e. The van der Waals surface area contributed by atoms with Crippen LogP contribution in [0.4, 0.5) is 42.1 Å². The molecule has 0 aromatic heterocycles. The molecule has 1 unspecified atom stereocenters. The van der Waals surface area contributed by atoms with Gasteiger partial charge in [0, 0.05) is 27.2 Å². The lowest BCUT2D eigenvalue weighted by molar-refractivity contribution is -0.228. The average Bonchev–Trinajstić information content (AvgIpc) is 3.72. The molecule has 3 aromatic rings. The Morgan fingerprint density at radius 2 is 1.74 bits per heavy atom. The predicted molar refractivity (Wildman–Crippen MR) is 145 cm³/mol. The third-order valence-electron chi connectivity index (χ3n) is 6.57. The summed E-state index contributed by atoms with van der Waals surface area (Å²) in [6.07, 6.45) is -3.77. The quantitative estimate of drug-likeness (QED) is 0.230. The largest absolute Gasteiger partial charge is 0.433 e.